The first-order chi connectivity index (χ1) is 8.07. The standard InChI is InChI=1S/C12H18N2O2S/c1-17(15,16)12-9-13-7-8-14(12)10-11-5-3-2-4-6-11/h2-6,12-13H,7-10H2,1H3/t12-/m0/s1. The molecule has 5 heteroatoms. The molecule has 1 heterocycles. The lowest BCUT2D eigenvalue weighted by molar-refractivity contribution is 0.203. The molecule has 1 aromatic rings. The maximum absolute atomic E-state index is 11.7. The van der Waals surface area contributed by atoms with E-state index in [1.165, 1.54) is 6.26 Å². The van der Waals surface area contributed by atoms with E-state index in [0.29, 0.717) is 13.1 Å². The number of nitrogens with one attached hydrogen (secondary N) is 1. The van der Waals surface area contributed by atoms with E-state index in [9.17, 15) is 8.42 Å². The third-order valence-electron chi connectivity index (χ3n) is 3.02. The van der Waals surface area contributed by atoms with Crippen LogP contribution in [0, 0.1) is 0 Å². The fraction of sp³-hybridized carbons (Fsp3) is 0.500. The topological polar surface area (TPSA) is 49.4 Å². The van der Waals surface area contributed by atoms with Crippen molar-refractivity contribution in [3.8, 4) is 0 Å². The zero-order valence-electron chi connectivity index (χ0n) is 9.96. The lowest BCUT2D eigenvalue weighted by atomic mass is 10.2. The van der Waals surface area contributed by atoms with Crippen LogP contribution in [0.25, 0.3) is 0 Å². The molecule has 2 rings (SSSR count). The molecular formula is C12H18N2O2S. The SMILES string of the molecule is CS(=O)(=O)[C@H]1CNCCN1Cc1ccccc1. The normalized spacial score (nSPS) is 22.5. The van der Waals surface area contributed by atoms with Crippen molar-refractivity contribution in [2.75, 3.05) is 25.9 Å². The van der Waals surface area contributed by atoms with Gasteiger partial charge >= 0.3 is 0 Å². The van der Waals surface area contributed by atoms with Crippen LogP contribution in [0.4, 0.5) is 0 Å². The molecule has 94 valence electrons. The summed E-state index contributed by atoms with van der Waals surface area (Å²) in [5, 5.41) is 2.73. The Balaban J connectivity index is 2.13. The Bertz CT molecular complexity index is 459. The first-order valence-corrected chi connectivity index (χ1v) is 7.70. The molecule has 0 unspecified atom stereocenters. The molecule has 0 amide bonds. The fourth-order valence-corrected chi connectivity index (χ4v) is 3.28. The van der Waals surface area contributed by atoms with Crippen molar-refractivity contribution in [1.29, 1.82) is 0 Å². The van der Waals surface area contributed by atoms with Gasteiger partial charge < -0.3 is 5.32 Å². The number of sulfone groups is 1. The molecule has 1 saturated heterocycles. The van der Waals surface area contributed by atoms with Gasteiger partial charge in [0.2, 0.25) is 0 Å². The molecule has 0 radical (unpaired) electrons. The number of nitrogens with zero attached hydrogens (tertiary/aromatic N) is 1. The van der Waals surface area contributed by atoms with Crippen molar-refractivity contribution < 1.29 is 8.42 Å². The summed E-state index contributed by atoms with van der Waals surface area (Å²) in [6.07, 6.45) is 1.31. The highest BCUT2D eigenvalue weighted by molar-refractivity contribution is 7.91. The molecule has 0 saturated carbocycles. The van der Waals surface area contributed by atoms with E-state index in [2.05, 4.69) is 5.32 Å². The van der Waals surface area contributed by atoms with E-state index < -0.39 is 15.2 Å². The Morgan fingerprint density at radius 2 is 2.06 bits per heavy atom. The molecule has 0 spiro atoms. The van der Waals surface area contributed by atoms with Crippen LogP contribution in [0.3, 0.4) is 0 Å². The van der Waals surface area contributed by atoms with Crippen molar-refractivity contribution in [2.24, 2.45) is 0 Å². The summed E-state index contributed by atoms with van der Waals surface area (Å²) in [4.78, 5) is 2.03. The number of hydrogen-bond donors (Lipinski definition) is 1. The second-order valence-corrected chi connectivity index (χ2v) is 6.65. The van der Waals surface area contributed by atoms with Crippen LogP contribution in [-0.4, -0.2) is 44.6 Å². The average Bonchev–Trinajstić information content (AvgIpc) is 2.30. The quantitative estimate of drug-likeness (QED) is 0.851. The Labute approximate surface area is 103 Å². The van der Waals surface area contributed by atoms with Crippen molar-refractivity contribution in [3.63, 3.8) is 0 Å². The first kappa shape index (κ1) is 12.5. The second-order valence-electron chi connectivity index (χ2n) is 4.44. The van der Waals surface area contributed by atoms with Crippen molar-refractivity contribution in [2.45, 2.75) is 11.9 Å². The zero-order valence-corrected chi connectivity index (χ0v) is 10.8. The molecular weight excluding hydrogens is 236 g/mol. The van der Waals surface area contributed by atoms with Crippen LogP contribution >= 0.6 is 0 Å². The number of benzene rings is 1. The molecule has 1 fully saturated rings. The van der Waals surface area contributed by atoms with E-state index in [-0.39, 0.29) is 0 Å². The lowest BCUT2D eigenvalue weighted by Gasteiger charge is -2.34. The van der Waals surface area contributed by atoms with Gasteiger partial charge in [-0.3, -0.25) is 4.90 Å². The minimum absolute atomic E-state index is 0.406. The second kappa shape index (κ2) is 5.16. The molecule has 0 aromatic heterocycles. The molecule has 1 aromatic carbocycles. The van der Waals surface area contributed by atoms with Crippen LogP contribution in [0.15, 0.2) is 30.3 Å². The van der Waals surface area contributed by atoms with Crippen molar-refractivity contribution >= 4 is 9.84 Å². The number of piperazine rings is 1. The van der Waals surface area contributed by atoms with Gasteiger partial charge in [0.05, 0.1) is 0 Å². The van der Waals surface area contributed by atoms with E-state index in [4.69, 9.17) is 0 Å². The van der Waals surface area contributed by atoms with Gasteiger partial charge in [0, 0.05) is 32.4 Å². The minimum Gasteiger partial charge on any atom is -0.313 e. The molecule has 17 heavy (non-hydrogen) atoms. The Hall–Kier alpha value is -0.910. The molecule has 1 aliphatic heterocycles. The monoisotopic (exact) mass is 254 g/mol. The van der Waals surface area contributed by atoms with Gasteiger partial charge in [0.1, 0.15) is 5.37 Å². The van der Waals surface area contributed by atoms with Crippen molar-refractivity contribution in [3.05, 3.63) is 35.9 Å². The summed E-state index contributed by atoms with van der Waals surface area (Å²) < 4.78 is 23.4. The first-order valence-electron chi connectivity index (χ1n) is 5.75. The summed E-state index contributed by atoms with van der Waals surface area (Å²) >= 11 is 0. The predicted molar refractivity (Wildman–Crippen MR) is 68.4 cm³/mol. The highest BCUT2D eigenvalue weighted by atomic mass is 32.2. The predicted octanol–water partition coefficient (Wildman–Crippen LogP) is 0.463. The summed E-state index contributed by atoms with van der Waals surface area (Å²) in [5.41, 5.74) is 1.16. The smallest absolute Gasteiger partial charge is 0.164 e. The van der Waals surface area contributed by atoms with Gasteiger partial charge in [-0.1, -0.05) is 30.3 Å². The van der Waals surface area contributed by atoms with E-state index >= 15 is 0 Å². The van der Waals surface area contributed by atoms with Crippen LogP contribution in [0.2, 0.25) is 0 Å². The third kappa shape index (κ3) is 3.28. The molecule has 1 atom stereocenters. The van der Waals surface area contributed by atoms with Gasteiger partial charge in [-0.25, -0.2) is 8.42 Å². The highest BCUT2D eigenvalue weighted by Gasteiger charge is 2.30. The molecule has 0 bridgehead atoms. The van der Waals surface area contributed by atoms with Crippen LogP contribution < -0.4 is 5.32 Å². The summed E-state index contributed by atoms with van der Waals surface area (Å²) in [6, 6.07) is 9.98. The van der Waals surface area contributed by atoms with Crippen LogP contribution in [0.1, 0.15) is 5.56 Å². The molecule has 4 nitrogen and oxygen atoms in total. The van der Waals surface area contributed by atoms with Gasteiger partial charge in [-0.2, -0.15) is 0 Å². The molecule has 1 aliphatic rings. The Morgan fingerprint density at radius 3 is 2.71 bits per heavy atom. The van der Waals surface area contributed by atoms with Crippen LogP contribution in [-0.2, 0) is 16.4 Å². The van der Waals surface area contributed by atoms with Gasteiger partial charge in [-0.15, -0.1) is 0 Å². The van der Waals surface area contributed by atoms with E-state index in [0.717, 1.165) is 18.7 Å². The Morgan fingerprint density at radius 1 is 1.35 bits per heavy atom. The maximum atomic E-state index is 11.7. The zero-order chi connectivity index (χ0) is 12.3. The van der Waals surface area contributed by atoms with Gasteiger partial charge in [0.15, 0.2) is 9.84 Å². The molecule has 1 N–H and O–H groups in total. The van der Waals surface area contributed by atoms with E-state index in [1.54, 1.807) is 0 Å². The maximum Gasteiger partial charge on any atom is 0.164 e. The number of hydrogen-bond acceptors (Lipinski definition) is 4. The Kier molecular flexibility index (Phi) is 3.81. The molecule has 0 aliphatic carbocycles. The number of rotatable bonds is 3. The van der Waals surface area contributed by atoms with Crippen LogP contribution in [0.5, 0.6) is 0 Å². The lowest BCUT2D eigenvalue weighted by Crippen LogP contribution is -2.53. The highest BCUT2D eigenvalue weighted by Crippen LogP contribution is 2.13. The van der Waals surface area contributed by atoms with Gasteiger partial charge in [-0.05, 0) is 5.56 Å². The minimum atomic E-state index is -3.03. The summed E-state index contributed by atoms with van der Waals surface area (Å²) in [5.74, 6) is 0. The summed E-state index contributed by atoms with van der Waals surface area (Å²) in [7, 11) is -3.03. The summed E-state index contributed by atoms with van der Waals surface area (Å²) in [6.45, 7) is 2.83. The average molecular weight is 254 g/mol. The third-order valence-corrected chi connectivity index (χ3v) is 4.48. The van der Waals surface area contributed by atoms with Crippen molar-refractivity contribution in [1.82, 2.24) is 10.2 Å². The largest absolute Gasteiger partial charge is 0.313 e. The van der Waals surface area contributed by atoms with E-state index in [1.807, 2.05) is 35.2 Å². The fourth-order valence-electron chi connectivity index (χ4n) is 2.14. The van der Waals surface area contributed by atoms with Gasteiger partial charge in [0.25, 0.3) is 0 Å².